The van der Waals surface area contributed by atoms with Gasteiger partial charge in [-0.15, -0.1) is 0 Å². The first kappa shape index (κ1) is 17.5. The minimum absolute atomic E-state index is 0.0340. The zero-order valence-electron chi connectivity index (χ0n) is 14.6. The van der Waals surface area contributed by atoms with Gasteiger partial charge in [0.2, 0.25) is 18.3 Å². The lowest BCUT2D eigenvalue weighted by Gasteiger charge is -2.15. The fourth-order valence-electron chi connectivity index (χ4n) is 2.61. The van der Waals surface area contributed by atoms with Gasteiger partial charge in [-0.1, -0.05) is 12.1 Å². The van der Waals surface area contributed by atoms with Crippen LogP contribution < -0.4 is 23.7 Å². The topological polar surface area (TPSA) is 83.5 Å². The number of carbonyl (C=O) groups excluding carboxylic acids is 1. The molecule has 7 nitrogen and oxygen atoms in total. The van der Waals surface area contributed by atoms with Gasteiger partial charge < -0.3 is 28.8 Å². The van der Waals surface area contributed by atoms with Crippen molar-refractivity contribution in [1.82, 2.24) is 0 Å². The Bertz CT molecular complexity index is 871. The van der Waals surface area contributed by atoms with Gasteiger partial charge in [0.1, 0.15) is 0 Å². The molecule has 2 aromatic carbocycles. The van der Waals surface area contributed by atoms with E-state index in [2.05, 4.69) is 0 Å². The third kappa shape index (κ3) is 3.11. The molecular weight excluding hydrogens is 340 g/mol. The van der Waals surface area contributed by atoms with E-state index in [1.807, 2.05) is 0 Å². The van der Waals surface area contributed by atoms with Crippen molar-refractivity contribution in [2.75, 3.05) is 28.1 Å². The number of carbonyl (C=O) groups is 1. The first-order valence-corrected chi connectivity index (χ1v) is 7.73. The second-order valence-electron chi connectivity index (χ2n) is 5.35. The van der Waals surface area contributed by atoms with Gasteiger partial charge in [0.05, 0.1) is 26.9 Å². The molecule has 1 heterocycles. The van der Waals surface area contributed by atoms with Gasteiger partial charge in [0.15, 0.2) is 28.8 Å². The van der Waals surface area contributed by atoms with Crippen molar-refractivity contribution in [3.63, 3.8) is 0 Å². The SMILES string of the molecule is COc1cc(C(=O)/C=C/c2ccc3c(c2)OCO3)c(O)c(OC)c1OC. The van der Waals surface area contributed by atoms with E-state index in [4.69, 9.17) is 23.7 Å². The third-order valence-electron chi connectivity index (χ3n) is 3.89. The lowest BCUT2D eigenvalue weighted by Crippen LogP contribution is -2.01. The number of ether oxygens (including phenoxy) is 5. The van der Waals surface area contributed by atoms with E-state index in [0.29, 0.717) is 11.5 Å². The van der Waals surface area contributed by atoms with E-state index >= 15 is 0 Å². The van der Waals surface area contributed by atoms with Gasteiger partial charge >= 0.3 is 0 Å². The highest BCUT2D eigenvalue weighted by Crippen LogP contribution is 2.46. The van der Waals surface area contributed by atoms with Crippen LogP contribution in [0.3, 0.4) is 0 Å². The Hall–Kier alpha value is -3.35. The van der Waals surface area contributed by atoms with Gasteiger partial charge in [0, 0.05) is 0 Å². The van der Waals surface area contributed by atoms with Crippen molar-refractivity contribution in [1.29, 1.82) is 0 Å². The summed E-state index contributed by atoms with van der Waals surface area (Å²) >= 11 is 0. The van der Waals surface area contributed by atoms with Crippen LogP contribution in [0, 0.1) is 0 Å². The summed E-state index contributed by atoms with van der Waals surface area (Å²) in [7, 11) is 4.22. The Morgan fingerprint density at radius 2 is 1.77 bits per heavy atom. The van der Waals surface area contributed by atoms with Crippen molar-refractivity contribution in [2.24, 2.45) is 0 Å². The lowest BCUT2D eigenvalue weighted by atomic mass is 10.1. The summed E-state index contributed by atoms with van der Waals surface area (Å²) in [6, 6.07) is 6.74. The summed E-state index contributed by atoms with van der Waals surface area (Å²) in [5, 5.41) is 10.4. The van der Waals surface area contributed by atoms with Gasteiger partial charge in [0.25, 0.3) is 0 Å². The van der Waals surface area contributed by atoms with Crippen molar-refractivity contribution in [3.05, 3.63) is 41.5 Å². The molecule has 0 fully saturated rings. The molecule has 0 saturated heterocycles. The van der Waals surface area contributed by atoms with Crippen LogP contribution in [0.4, 0.5) is 0 Å². The normalized spacial score (nSPS) is 12.3. The maximum Gasteiger partial charge on any atom is 0.231 e. The van der Waals surface area contributed by atoms with E-state index in [1.165, 1.54) is 33.5 Å². The monoisotopic (exact) mass is 358 g/mol. The minimum Gasteiger partial charge on any atom is -0.504 e. The third-order valence-corrected chi connectivity index (χ3v) is 3.89. The molecule has 0 radical (unpaired) electrons. The van der Waals surface area contributed by atoms with Crippen molar-refractivity contribution in [3.8, 4) is 34.5 Å². The fourth-order valence-corrected chi connectivity index (χ4v) is 2.61. The summed E-state index contributed by atoms with van der Waals surface area (Å²) in [6.07, 6.45) is 2.96. The van der Waals surface area contributed by atoms with Crippen LogP contribution in [0.25, 0.3) is 6.08 Å². The number of ketones is 1. The predicted octanol–water partition coefficient (Wildman–Crippen LogP) is 3.04. The molecule has 136 valence electrons. The summed E-state index contributed by atoms with van der Waals surface area (Å²) in [6.45, 7) is 0.181. The highest BCUT2D eigenvalue weighted by molar-refractivity contribution is 6.09. The second kappa shape index (κ2) is 7.26. The number of phenolic OH excluding ortho intramolecular Hbond substituents is 1. The van der Waals surface area contributed by atoms with Crippen LogP contribution in [0.5, 0.6) is 34.5 Å². The number of hydrogen-bond acceptors (Lipinski definition) is 7. The Kier molecular flexibility index (Phi) is 4.88. The van der Waals surface area contributed by atoms with Crippen LogP contribution in [-0.2, 0) is 0 Å². The number of fused-ring (bicyclic) bond motifs is 1. The largest absolute Gasteiger partial charge is 0.504 e. The van der Waals surface area contributed by atoms with Crippen LogP contribution in [0.1, 0.15) is 15.9 Å². The summed E-state index contributed by atoms with van der Waals surface area (Å²) in [5.74, 6) is 1.08. The fraction of sp³-hybridized carbons (Fsp3) is 0.211. The molecule has 0 aromatic heterocycles. The first-order valence-electron chi connectivity index (χ1n) is 7.73. The minimum atomic E-state index is -0.417. The molecule has 1 aliphatic rings. The number of benzene rings is 2. The van der Waals surface area contributed by atoms with E-state index in [-0.39, 0.29) is 35.4 Å². The van der Waals surface area contributed by atoms with Gasteiger partial charge in [-0.05, 0) is 29.8 Å². The van der Waals surface area contributed by atoms with E-state index in [1.54, 1.807) is 24.3 Å². The predicted molar refractivity (Wildman–Crippen MR) is 93.7 cm³/mol. The second-order valence-corrected chi connectivity index (χ2v) is 5.35. The van der Waals surface area contributed by atoms with Crippen LogP contribution in [0.15, 0.2) is 30.3 Å². The molecule has 0 aliphatic carbocycles. The molecule has 1 N–H and O–H groups in total. The Morgan fingerprint density at radius 1 is 1.04 bits per heavy atom. The molecule has 0 amide bonds. The number of allylic oxidation sites excluding steroid dienone is 1. The van der Waals surface area contributed by atoms with Crippen LogP contribution in [-0.4, -0.2) is 39.0 Å². The van der Waals surface area contributed by atoms with E-state index in [9.17, 15) is 9.90 Å². The van der Waals surface area contributed by atoms with Crippen LogP contribution in [0.2, 0.25) is 0 Å². The molecule has 0 spiro atoms. The average Bonchev–Trinajstić information content (AvgIpc) is 3.13. The molecule has 3 rings (SSSR count). The zero-order chi connectivity index (χ0) is 18.7. The van der Waals surface area contributed by atoms with E-state index < -0.39 is 5.78 Å². The zero-order valence-corrected chi connectivity index (χ0v) is 14.6. The van der Waals surface area contributed by atoms with Gasteiger partial charge in [-0.2, -0.15) is 0 Å². The Morgan fingerprint density at radius 3 is 2.46 bits per heavy atom. The van der Waals surface area contributed by atoms with Crippen molar-refractivity contribution in [2.45, 2.75) is 0 Å². The van der Waals surface area contributed by atoms with Gasteiger partial charge in [-0.25, -0.2) is 0 Å². The summed E-state index contributed by atoms with van der Waals surface area (Å²) in [4.78, 5) is 12.6. The molecule has 2 aromatic rings. The van der Waals surface area contributed by atoms with Crippen molar-refractivity contribution >= 4 is 11.9 Å². The Labute approximate surface area is 150 Å². The Balaban J connectivity index is 1.92. The molecular formula is C19H18O7. The van der Waals surface area contributed by atoms with Crippen LogP contribution >= 0.6 is 0 Å². The highest BCUT2D eigenvalue weighted by atomic mass is 16.7. The molecule has 0 saturated carbocycles. The quantitative estimate of drug-likeness (QED) is 0.628. The highest BCUT2D eigenvalue weighted by Gasteiger charge is 2.23. The lowest BCUT2D eigenvalue weighted by molar-refractivity contribution is 0.104. The summed E-state index contributed by atoms with van der Waals surface area (Å²) < 4.78 is 26.1. The molecule has 0 atom stereocenters. The maximum absolute atomic E-state index is 12.6. The first-order chi connectivity index (χ1) is 12.6. The molecule has 26 heavy (non-hydrogen) atoms. The number of methoxy groups -OCH3 is 3. The van der Waals surface area contributed by atoms with E-state index in [0.717, 1.165) is 5.56 Å². The molecule has 1 aliphatic heterocycles. The molecule has 0 bridgehead atoms. The maximum atomic E-state index is 12.6. The van der Waals surface area contributed by atoms with Crippen molar-refractivity contribution < 1.29 is 33.6 Å². The number of phenols is 1. The summed E-state index contributed by atoms with van der Waals surface area (Å²) in [5.41, 5.74) is 0.797. The number of aromatic hydroxyl groups is 1. The molecule has 0 unspecified atom stereocenters. The average molecular weight is 358 g/mol. The van der Waals surface area contributed by atoms with Gasteiger partial charge in [-0.3, -0.25) is 4.79 Å². The molecule has 7 heteroatoms. The number of hydrogen-bond donors (Lipinski definition) is 1. The standard InChI is InChI=1S/C19H18O7/c1-22-16-9-12(17(21)19(24-3)18(16)23-2)13(20)6-4-11-5-7-14-15(8-11)26-10-25-14/h4-9,21H,10H2,1-3H3/b6-4+. The smallest absolute Gasteiger partial charge is 0.231 e. The number of rotatable bonds is 6.